The summed E-state index contributed by atoms with van der Waals surface area (Å²) in [5.41, 5.74) is 0.345. The highest BCUT2D eigenvalue weighted by Crippen LogP contribution is 2.22. The maximum absolute atomic E-state index is 3.66. The fourth-order valence-electron chi connectivity index (χ4n) is 2.69. The lowest BCUT2D eigenvalue weighted by molar-refractivity contribution is 0.180. The molecule has 19 heavy (non-hydrogen) atoms. The lowest BCUT2D eigenvalue weighted by Crippen LogP contribution is -2.43. The number of nitrogens with one attached hydrogen (secondary N) is 1. The Bertz CT molecular complexity index is 206. The van der Waals surface area contributed by atoms with Crippen LogP contribution in [0.3, 0.4) is 0 Å². The van der Waals surface area contributed by atoms with Crippen molar-refractivity contribution in [1.29, 1.82) is 0 Å². The van der Waals surface area contributed by atoms with Crippen molar-refractivity contribution in [3.63, 3.8) is 0 Å². The SMILES string of the molecule is CCNC(CCN(CC(C)C)CC(C)C)C(C)(C)C. The van der Waals surface area contributed by atoms with E-state index in [-0.39, 0.29) is 0 Å². The second-order valence-electron chi connectivity index (χ2n) is 7.81. The second-order valence-corrected chi connectivity index (χ2v) is 7.81. The molecule has 0 saturated heterocycles. The van der Waals surface area contributed by atoms with Crippen LogP contribution in [-0.2, 0) is 0 Å². The van der Waals surface area contributed by atoms with E-state index < -0.39 is 0 Å². The lowest BCUT2D eigenvalue weighted by Gasteiger charge is -2.34. The van der Waals surface area contributed by atoms with E-state index >= 15 is 0 Å². The van der Waals surface area contributed by atoms with Crippen molar-refractivity contribution in [3.8, 4) is 0 Å². The fraction of sp³-hybridized carbons (Fsp3) is 1.00. The Hall–Kier alpha value is -0.0800. The van der Waals surface area contributed by atoms with Crippen molar-refractivity contribution in [3.05, 3.63) is 0 Å². The molecule has 0 bridgehead atoms. The van der Waals surface area contributed by atoms with Gasteiger partial charge in [0.1, 0.15) is 0 Å². The van der Waals surface area contributed by atoms with E-state index in [0.717, 1.165) is 18.4 Å². The van der Waals surface area contributed by atoms with Gasteiger partial charge in [0, 0.05) is 19.1 Å². The molecule has 116 valence electrons. The fourth-order valence-corrected chi connectivity index (χ4v) is 2.69. The highest BCUT2D eigenvalue weighted by Gasteiger charge is 2.24. The van der Waals surface area contributed by atoms with Crippen LogP contribution in [-0.4, -0.2) is 37.1 Å². The van der Waals surface area contributed by atoms with Crippen LogP contribution >= 0.6 is 0 Å². The first-order valence-corrected chi connectivity index (χ1v) is 8.12. The molecule has 0 fully saturated rings. The predicted octanol–water partition coefficient (Wildman–Crippen LogP) is 4.01. The van der Waals surface area contributed by atoms with Crippen LogP contribution in [0.5, 0.6) is 0 Å². The monoisotopic (exact) mass is 270 g/mol. The van der Waals surface area contributed by atoms with Crippen LogP contribution in [0.2, 0.25) is 0 Å². The number of hydrogen-bond acceptors (Lipinski definition) is 2. The van der Waals surface area contributed by atoms with Crippen LogP contribution in [0.1, 0.15) is 61.8 Å². The molecule has 0 aromatic rings. The van der Waals surface area contributed by atoms with E-state index in [0.29, 0.717) is 11.5 Å². The van der Waals surface area contributed by atoms with Gasteiger partial charge in [-0.1, -0.05) is 55.4 Å². The van der Waals surface area contributed by atoms with Crippen molar-refractivity contribution < 1.29 is 0 Å². The molecule has 0 aromatic carbocycles. The van der Waals surface area contributed by atoms with Crippen LogP contribution < -0.4 is 5.32 Å². The maximum atomic E-state index is 3.66. The first-order valence-electron chi connectivity index (χ1n) is 8.12. The summed E-state index contributed by atoms with van der Waals surface area (Å²) in [5, 5.41) is 3.66. The molecule has 0 aromatic heterocycles. The Morgan fingerprint density at radius 2 is 1.42 bits per heavy atom. The zero-order valence-corrected chi connectivity index (χ0v) is 14.7. The van der Waals surface area contributed by atoms with E-state index in [1.54, 1.807) is 0 Å². The standard InChI is InChI=1S/C17H38N2/c1-9-18-16(17(6,7)8)10-11-19(12-14(2)3)13-15(4)5/h14-16,18H,9-13H2,1-8H3. The van der Waals surface area contributed by atoms with Gasteiger partial charge in [0.2, 0.25) is 0 Å². The van der Waals surface area contributed by atoms with Crippen LogP contribution in [0.25, 0.3) is 0 Å². The topological polar surface area (TPSA) is 15.3 Å². The molecule has 0 heterocycles. The van der Waals surface area contributed by atoms with Crippen LogP contribution in [0.4, 0.5) is 0 Å². The average molecular weight is 271 g/mol. The lowest BCUT2D eigenvalue weighted by atomic mass is 9.84. The van der Waals surface area contributed by atoms with E-state index in [1.165, 1.54) is 26.1 Å². The Balaban J connectivity index is 4.40. The molecule has 0 aliphatic carbocycles. The van der Waals surface area contributed by atoms with Gasteiger partial charge in [0.15, 0.2) is 0 Å². The number of hydrogen-bond donors (Lipinski definition) is 1. The van der Waals surface area contributed by atoms with Gasteiger partial charge in [-0.3, -0.25) is 0 Å². The summed E-state index contributed by atoms with van der Waals surface area (Å²) in [6, 6.07) is 0.610. The summed E-state index contributed by atoms with van der Waals surface area (Å²) >= 11 is 0. The maximum Gasteiger partial charge on any atom is 0.0128 e. The molecular formula is C17H38N2. The third-order valence-corrected chi connectivity index (χ3v) is 3.48. The van der Waals surface area contributed by atoms with Gasteiger partial charge in [0.05, 0.1) is 0 Å². The quantitative estimate of drug-likeness (QED) is 0.681. The Morgan fingerprint density at radius 1 is 0.947 bits per heavy atom. The largest absolute Gasteiger partial charge is 0.314 e. The molecule has 2 nitrogen and oxygen atoms in total. The minimum atomic E-state index is 0.345. The van der Waals surface area contributed by atoms with Crippen molar-refractivity contribution in [2.45, 2.75) is 67.9 Å². The minimum absolute atomic E-state index is 0.345. The average Bonchev–Trinajstić information content (AvgIpc) is 2.20. The first-order chi connectivity index (χ1) is 8.66. The van der Waals surface area contributed by atoms with Crippen LogP contribution in [0.15, 0.2) is 0 Å². The van der Waals surface area contributed by atoms with Gasteiger partial charge in [0.25, 0.3) is 0 Å². The second kappa shape index (κ2) is 8.97. The molecule has 1 unspecified atom stereocenters. The minimum Gasteiger partial charge on any atom is -0.314 e. The van der Waals surface area contributed by atoms with E-state index in [9.17, 15) is 0 Å². The summed E-state index contributed by atoms with van der Waals surface area (Å²) < 4.78 is 0. The van der Waals surface area contributed by atoms with Gasteiger partial charge >= 0.3 is 0 Å². The molecule has 2 heteroatoms. The smallest absolute Gasteiger partial charge is 0.0128 e. The third kappa shape index (κ3) is 9.45. The van der Waals surface area contributed by atoms with Gasteiger partial charge in [-0.05, 0) is 36.8 Å². The zero-order chi connectivity index (χ0) is 15.1. The van der Waals surface area contributed by atoms with E-state index in [4.69, 9.17) is 0 Å². The molecule has 0 aliphatic heterocycles. The van der Waals surface area contributed by atoms with E-state index in [1.807, 2.05) is 0 Å². The normalized spacial score (nSPS) is 14.7. The van der Waals surface area contributed by atoms with Gasteiger partial charge in [-0.2, -0.15) is 0 Å². The third-order valence-electron chi connectivity index (χ3n) is 3.48. The molecule has 0 radical (unpaired) electrons. The molecule has 0 saturated carbocycles. The summed E-state index contributed by atoms with van der Waals surface area (Å²) in [7, 11) is 0. The highest BCUT2D eigenvalue weighted by molar-refractivity contribution is 4.81. The zero-order valence-electron chi connectivity index (χ0n) is 14.7. The highest BCUT2D eigenvalue weighted by atomic mass is 15.1. The Kier molecular flexibility index (Phi) is 8.93. The van der Waals surface area contributed by atoms with E-state index in [2.05, 4.69) is 65.6 Å². The first kappa shape index (κ1) is 18.9. The van der Waals surface area contributed by atoms with Crippen molar-refractivity contribution in [2.75, 3.05) is 26.2 Å². The predicted molar refractivity (Wildman–Crippen MR) is 87.7 cm³/mol. The summed E-state index contributed by atoms with van der Waals surface area (Å²) in [6.45, 7) is 23.2. The van der Waals surface area contributed by atoms with Gasteiger partial charge < -0.3 is 10.2 Å². The van der Waals surface area contributed by atoms with Gasteiger partial charge in [-0.15, -0.1) is 0 Å². The molecule has 0 aliphatic rings. The molecule has 0 rings (SSSR count). The van der Waals surface area contributed by atoms with Crippen molar-refractivity contribution in [1.82, 2.24) is 10.2 Å². The summed E-state index contributed by atoms with van der Waals surface area (Å²) in [6.07, 6.45) is 1.25. The Morgan fingerprint density at radius 3 is 1.74 bits per heavy atom. The Labute approximate surface area is 122 Å². The molecule has 1 N–H and O–H groups in total. The molecule has 0 amide bonds. The number of nitrogens with zero attached hydrogens (tertiary/aromatic N) is 1. The summed E-state index contributed by atoms with van der Waals surface area (Å²) in [5.74, 6) is 1.51. The van der Waals surface area contributed by atoms with Crippen molar-refractivity contribution >= 4 is 0 Å². The number of rotatable bonds is 9. The van der Waals surface area contributed by atoms with Crippen LogP contribution in [0, 0.1) is 17.3 Å². The molecule has 1 atom stereocenters. The van der Waals surface area contributed by atoms with Crippen molar-refractivity contribution in [2.24, 2.45) is 17.3 Å². The summed E-state index contributed by atoms with van der Waals surface area (Å²) in [4.78, 5) is 2.64. The molecular weight excluding hydrogens is 232 g/mol. The molecule has 0 spiro atoms. The van der Waals surface area contributed by atoms with Gasteiger partial charge in [-0.25, -0.2) is 0 Å².